The van der Waals surface area contributed by atoms with E-state index in [1.54, 1.807) is 17.1 Å². The smallest absolute Gasteiger partial charge is 0.224 e. The molecular formula is C18H26N6O. The normalized spacial score (nSPS) is 21.4. The first-order chi connectivity index (χ1) is 12.0. The molecule has 1 N–H and O–H groups in total. The summed E-state index contributed by atoms with van der Waals surface area (Å²) in [6, 6.07) is 0.477. The van der Waals surface area contributed by atoms with Gasteiger partial charge >= 0.3 is 0 Å². The summed E-state index contributed by atoms with van der Waals surface area (Å²) in [4.78, 5) is 23.3. The van der Waals surface area contributed by atoms with E-state index < -0.39 is 0 Å². The second-order valence-electron chi connectivity index (χ2n) is 7.00. The van der Waals surface area contributed by atoms with E-state index in [1.165, 1.54) is 6.33 Å². The van der Waals surface area contributed by atoms with Gasteiger partial charge in [0.1, 0.15) is 6.33 Å². The van der Waals surface area contributed by atoms with Crippen LogP contribution < -0.4 is 5.32 Å². The molecule has 0 saturated carbocycles. The van der Waals surface area contributed by atoms with E-state index in [0.717, 1.165) is 30.6 Å². The molecule has 0 radical (unpaired) electrons. The van der Waals surface area contributed by atoms with Gasteiger partial charge in [0.25, 0.3) is 0 Å². The molecule has 1 fully saturated rings. The number of amides is 1. The van der Waals surface area contributed by atoms with E-state index in [9.17, 15) is 4.79 Å². The molecule has 0 bridgehead atoms. The van der Waals surface area contributed by atoms with Crippen LogP contribution in [0.4, 0.5) is 0 Å². The first-order valence-electron chi connectivity index (χ1n) is 8.78. The lowest BCUT2D eigenvalue weighted by Crippen LogP contribution is -2.47. The molecule has 0 aromatic carbocycles. The Labute approximate surface area is 148 Å². The predicted molar refractivity (Wildman–Crippen MR) is 94.6 cm³/mol. The molecule has 1 aliphatic heterocycles. The van der Waals surface area contributed by atoms with Gasteiger partial charge in [-0.25, -0.2) is 9.97 Å². The van der Waals surface area contributed by atoms with E-state index in [0.29, 0.717) is 12.6 Å². The SMILES string of the molecule is CC(C)N1CCC(C(=O)NCc2cncnc2)C(c2cnn(C)c2)C1. The van der Waals surface area contributed by atoms with Crippen LogP contribution in [0.25, 0.3) is 0 Å². The second-order valence-corrected chi connectivity index (χ2v) is 7.00. The van der Waals surface area contributed by atoms with Crippen LogP contribution >= 0.6 is 0 Å². The fourth-order valence-corrected chi connectivity index (χ4v) is 3.47. The Morgan fingerprint density at radius 2 is 2.08 bits per heavy atom. The molecule has 7 nitrogen and oxygen atoms in total. The van der Waals surface area contributed by atoms with Crippen molar-refractivity contribution in [3.8, 4) is 0 Å². The van der Waals surface area contributed by atoms with Crippen molar-refractivity contribution in [2.24, 2.45) is 13.0 Å². The van der Waals surface area contributed by atoms with Crippen molar-refractivity contribution in [1.82, 2.24) is 30.0 Å². The van der Waals surface area contributed by atoms with Crippen molar-refractivity contribution in [3.63, 3.8) is 0 Å². The van der Waals surface area contributed by atoms with Gasteiger partial charge < -0.3 is 10.2 Å². The molecule has 2 atom stereocenters. The number of carbonyl (C=O) groups excluding carboxylic acids is 1. The van der Waals surface area contributed by atoms with Crippen molar-refractivity contribution < 1.29 is 4.79 Å². The van der Waals surface area contributed by atoms with Crippen molar-refractivity contribution in [1.29, 1.82) is 0 Å². The lowest BCUT2D eigenvalue weighted by atomic mass is 9.80. The van der Waals surface area contributed by atoms with Gasteiger partial charge in [-0.15, -0.1) is 0 Å². The number of hydrogen-bond donors (Lipinski definition) is 1. The number of carbonyl (C=O) groups is 1. The Morgan fingerprint density at radius 3 is 2.72 bits per heavy atom. The summed E-state index contributed by atoms with van der Waals surface area (Å²) in [6.45, 7) is 6.70. The van der Waals surface area contributed by atoms with Crippen LogP contribution in [0.2, 0.25) is 0 Å². The fraction of sp³-hybridized carbons (Fsp3) is 0.556. The number of hydrogen-bond acceptors (Lipinski definition) is 5. The molecule has 2 aromatic heterocycles. The number of rotatable bonds is 5. The van der Waals surface area contributed by atoms with Crippen LogP contribution in [0.3, 0.4) is 0 Å². The zero-order chi connectivity index (χ0) is 17.8. The minimum absolute atomic E-state index is 0.0381. The van der Waals surface area contributed by atoms with Crippen LogP contribution in [0, 0.1) is 5.92 Å². The van der Waals surface area contributed by atoms with Crippen LogP contribution in [0.5, 0.6) is 0 Å². The lowest BCUT2D eigenvalue weighted by Gasteiger charge is -2.39. The zero-order valence-electron chi connectivity index (χ0n) is 15.1. The summed E-state index contributed by atoms with van der Waals surface area (Å²) >= 11 is 0. The van der Waals surface area contributed by atoms with Gasteiger partial charge in [0.15, 0.2) is 0 Å². The Hall–Kier alpha value is -2.28. The van der Waals surface area contributed by atoms with Gasteiger partial charge in [0, 0.05) is 62.2 Å². The summed E-state index contributed by atoms with van der Waals surface area (Å²) in [7, 11) is 1.91. The molecule has 1 saturated heterocycles. The van der Waals surface area contributed by atoms with Crippen LogP contribution in [0.15, 0.2) is 31.1 Å². The van der Waals surface area contributed by atoms with Crippen molar-refractivity contribution >= 4 is 5.91 Å². The largest absolute Gasteiger partial charge is 0.352 e. The maximum atomic E-state index is 12.8. The van der Waals surface area contributed by atoms with E-state index in [2.05, 4.69) is 39.1 Å². The minimum atomic E-state index is -0.0381. The maximum Gasteiger partial charge on any atom is 0.224 e. The van der Waals surface area contributed by atoms with Crippen molar-refractivity contribution in [2.45, 2.75) is 38.8 Å². The van der Waals surface area contributed by atoms with Crippen molar-refractivity contribution in [3.05, 3.63) is 42.2 Å². The van der Waals surface area contributed by atoms with Gasteiger partial charge in [0.05, 0.1) is 6.20 Å². The van der Waals surface area contributed by atoms with Gasteiger partial charge in [-0.2, -0.15) is 5.10 Å². The van der Waals surface area contributed by atoms with Crippen LogP contribution in [-0.2, 0) is 18.4 Å². The standard InChI is InChI=1S/C18H26N6O/c1-13(2)24-5-4-16(17(11-24)15-9-22-23(3)10-15)18(25)21-8-14-6-19-12-20-7-14/h6-7,9-10,12-13,16-17H,4-5,8,11H2,1-3H3,(H,21,25). The molecule has 7 heteroatoms. The molecule has 134 valence electrons. The average Bonchev–Trinajstić information content (AvgIpc) is 3.06. The predicted octanol–water partition coefficient (Wildman–Crippen LogP) is 1.34. The maximum absolute atomic E-state index is 12.8. The third-order valence-electron chi connectivity index (χ3n) is 4.95. The lowest BCUT2D eigenvalue weighted by molar-refractivity contribution is -0.127. The minimum Gasteiger partial charge on any atom is -0.352 e. The molecule has 2 unspecified atom stereocenters. The third kappa shape index (κ3) is 4.22. The molecule has 2 aromatic rings. The summed E-state index contributed by atoms with van der Waals surface area (Å²) < 4.78 is 1.81. The quantitative estimate of drug-likeness (QED) is 0.887. The number of nitrogens with zero attached hydrogens (tertiary/aromatic N) is 5. The average molecular weight is 342 g/mol. The third-order valence-corrected chi connectivity index (χ3v) is 4.95. The zero-order valence-corrected chi connectivity index (χ0v) is 15.1. The number of piperidine rings is 1. The highest BCUT2D eigenvalue weighted by Crippen LogP contribution is 2.33. The van der Waals surface area contributed by atoms with Gasteiger partial charge in [-0.05, 0) is 32.4 Å². The van der Waals surface area contributed by atoms with E-state index in [4.69, 9.17) is 0 Å². The Morgan fingerprint density at radius 1 is 1.32 bits per heavy atom. The number of likely N-dealkylation sites (tertiary alicyclic amines) is 1. The summed E-state index contributed by atoms with van der Waals surface area (Å²) in [5.41, 5.74) is 2.05. The number of aryl methyl sites for hydroxylation is 1. The Kier molecular flexibility index (Phi) is 5.43. The number of aromatic nitrogens is 4. The molecule has 1 aliphatic rings. The van der Waals surface area contributed by atoms with Crippen molar-refractivity contribution in [2.75, 3.05) is 13.1 Å². The van der Waals surface area contributed by atoms with Crippen LogP contribution in [0.1, 0.15) is 37.3 Å². The highest BCUT2D eigenvalue weighted by Gasteiger charge is 2.36. The van der Waals surface area contributed by atoms with Gasteiger partial charge in [-0.1, -0.05) is 0 Å². The first-order valence-corrected chi connectivity index (χ1v) is 8.78. The molecule has 0 spiro atoms. The molecule has 0 aliphatic carbocycles. The second kappa shape index (κ2) is 7.74. The Bertz CT molecular complexity index is 699. The molecular weight excluding hydrogens is 316 g/mol. The summed E-state index contributed by atoms with van der Waals surface area (Å²) in [5.74, 6) is 0.224. The highest BCUT2D eigenvalue weighted by atomic mass is 16.1. The van der Waals surface area contributed by atoms with Crippen LogP contribution in [-0.4, -0.2) is 49.7 Å². The molecule has 25 heavy (non-hydrogen) atoms. The fourth-order valence-electron chi connectivity index (χ4n) is 3.47. The monoisotopic (exact) mass is 342 g/mol. The molecule has 1 amide bonds. The highest BCUT2D eigenvalue weighted by molar-refractivity contribution is 5.80. The summed E-state index contributed by atoms with van der Waals surface area (Å²) in [6.07, 6.45) is 9.72. The van der Waals surface area contributed by atoms with Gasteiger partial charge in [0.2, 0.25) is 5.91 Å². The van der Waals surface area contributed by atoms with Gasteiger partial charge in [-0.3, -0.25) is 9.48 Å². The Balaban J connectivity index is 1.71. The van der Waals surface area contributed by atoms with E-state index in [-0.39, 0.29) is 17.7 Å². The van der Waals surface area contributed by atoms with E-state index in [1.807, 2.05) is 19.4 Å². The van der Waals surface area contributed by atoms with E-state index >= 15 is 0 Å². The first kappa shape index (κ1) is 17.5. The molecule has 3 heterocycles. The molecule has 3 rings (SSSR count). The number of nitrogens with one attached hydrogen (secondary N) is 1. The topological polar surface area (TPSA) is 75.9 Å². The summed E-state index contributed by atoms with van der Waals surface area (Å²) in [5, 5.41) is 7.35.